The maximum absolute atomic E-state index is 11.7. The van der Waals surface area contributed by atoms with Crippen molar-refractivity contribution in [3.05, 3.63) is 0 Å². The number of hydrogen-bond acceptors (Lipinski definition) is 3. The number of amides is 2. The van der Waals surface area contributed by atoms with Gasteiger partial charge in [-0.2, -0.15) is 13.2 Å². The Balaban J connectivity index is 3.57. The van der Waals surface area contributed by atoms with Crippen LogP contribution in [0.25, 0.3) is 0 Å². The van der Waals surface area contributed by atoms with E-state index in [4.69, 9.17) is 10.2 Å². The normalized spacial score (nSPS) is 12.9. The molecule has 100 valence electrons. The molecule has 4 N–H and O–H groups in total. The van der Waals surface area contributed by atoms with Crippen LogP contribution in [0.3, 0.4) is 0 Å². The number of hydrogen-bond donors (Lipinski definition) is 4. The number of halogens is 3. The lowest BCUT2D eigenvalue weighted by molar-refractivity contribution is -0.146. The number of carboxylic acids is 1. The van der Waals surface area contributed by atoms with Gasteiger partial charge in [0.25, 0.3) is 0 Å². The van der Waals surface area contributed by atoms with Crippen LogP contribution in [0.4, 0.5) is 18.0 Å². The topological polar surface area (TPSA) is 98.7 Å². The van der Waals surface area contributed by atoms with Crippen molar-refractivity contribution >= 4 is 12.0 Å². The third-order valence-corrected chi connectivity index (χ3v) is 1.68. The highest BCUT2D eigenvalue weighted by atomic mass is 19.4. The molecule has 0 saturated carbocycles. The first kappa shape index (κ1) is 15.5. The molecule has 0 aromatic rings. The predicted molar refractivity (Wildman–Crippen MR) is 50.3 cm³/mol. The first-order valence-corrected chi connectivity index (χ1v) is 4.71. The molecule has 2 amide bonds. The van der Waals surface area contributed by atoms with E-state index in [9.17, 15) is 22.8 Å². The molecule has 9 heteroatoms. The highest BCUT2D eigenvalue weighted by Gasteiger charge is 2.26. The molecule has 1 atom stereocenters. The van der Waals surface area contributed by atoms with E-state index in [1.54, 1.807) is 0 Å². The second kappa shape index (κ2) is 6.94. The summed E-state index contributed by atoms with van der Waals surface area (Å²) in [5.74, 6) is -1.43. The summed E-state index contributed by atoms with van der Waals surface area (Å²) in [5, 5.41) is 21.1. The van der Waals surface area contributed by atoms with Crippen molar-refractivity contribution in [2.45, 2.75) is 25.1 Å². The monoisotopic (exact) mass is 258 g/mol. The molecule has 0 fully saturated rings. The quantitative estimate of drug-likeness (QED) is 0.542. The molecule has 0 saturated heterocycles. The maximum Gasteiger partial charge on any atom is 0.390 e. The SMILES string of the molecule is O=C(NCC[C@H](O)C(=O)O)NCCC(F)(F)F. The Morgan fingerprint density at radius 1 is 1.18 bits per heavy atom. The minimum Gasteiger partial charge on any atom is -0.479 e. The first-order valence-electron chi connectivity index (χ1n) is 4.71. The van der Waals surface area contributed by atoms with Crippen LogP contribution in [-0.4, -0.2) is 47.6 Å². The zero-order valence-electron chi connectivity index (χ0n) is 8.75. The number of aliphatic carboxylic acids is 1. The fourth-order valence-electron chi connectivity index (χ4n) is 0.826. The summed E-state index contributed by atoms with van der Waals surface area (Å²) >= 11 is 0. The molecular weight excluding hydrogens is 245 g/mol. The van der Waals surface area contributed by atoms with Gasteiger partial charge < -0.3 is 20.8 Å². The predicted octanol–water partition coefficient (Wildman–Crippen LogP) is 0.0736. The van der Waals surface area contributed by atoms with E-state index in [1.807, 2.05) is 5.32 Å². The molecule has 0 aliphatic rings. The van der Waals surface area contributed by atoms with Crippen molar-refractivity contribution in [3.63, 3.8) is 0 Å². The van der Waals surface area contributed by atoms with Gasteiger partial charge in [-0.1, -0.05) is 0 Å². The lowest BCUT2D eigenvalue weighted by Gasteiger charge is -2.10. The largest absolute Gasteiger partial charge is 0.479 e. The van der Waals surface area contributed by atoms with Gasteiger partial charge in [0.1, 0.15) is 0 Å². The third kappa shape index (κ3) is 9.42. The van der Waals surface area contributed by atoms with Crippen molar-refractivity contribution in [1.82, 2.24) is 10.6 Å². The van der Waals surface area contributed by atoms with Crippen LogP contribution in [0.5, 0.6) is 0 Å². The molecule has 0 radical (unpaired) electrons. The number of aliphatic hydroxyl groups excluding tert-OH is 1. The van der Waals surface area contributed by atoms with Gasteiger partial charge in [0.05, 0.1) is 6.42 Å². The van der Waals surface area contributed by atoms with Crippen molar-refractivity contribution < 1.29 is 33.0 Å². The third-order valence-electron chi connectivity index (χ3n) is 1.68. The minimum absolute atomic E-state index is 0.148. The molecule has 0 bridgehead atoms. The van der Waals surface area contributed by atoms with Crippen LogP contribution in [0.15, 0.2) is 0 Å². The Morgan fingerprint density at radius 3 is 2.18 bits per heavy atom. The second-order valence-electron chi connectivity index (χ2n) is 3.19. The van der Waals surface area contributed by atoms with Crippen LogP contribution in [0.1, 0.15) is 12.8 Å². The van der Waals surface area contributed by atoms with E-state index < -0.39 is 37.2 Å². The molecule has 0 aliphatic heterocycles. The van der Waals surface area contributed by atoms with Gasteiger partial charge in [-0.3, -0.25) is 0 Å². The maximum atomic E-state index is 11.7. The molecule has 17 heavy (non-hydrogen) atoms. The summed E-state index contributed by atoms with van der Waals surface area (Å²) in [7, 11) is 0. The number of carboxylic acid groups (broad SMARTS) is 1. The number of aliphatic hydroxyl groups is 1. The number of carbonyl (C=O) groups excluding carboxylic acids is 1. The molecule has 0 spiro atoms. The standard InChI is InChI=1S/C8H13F3N2O4/c9-8(10,11)2-4-13-7(17)12-3-1-5(14)6(15)16/h5,14H,1-4H2,(H,15,16)(H2,12,13,17)/t5-/m0/s1. The minimum atomic E-state index is -4.34. The van der Waals surface area contributed by atoms with Gasteiger partial charge in [0.15, 0.2) is 6.10 Å². The number of nitrogens with one attached hydrogen (secondary N) is 2. The van der Waals surface area contributed by atoms with Crippen LogP contribution in [0.2, 0.25) is 0 Å². The molecule has 0 aromatic carbocycles. The van der Waals surface area contributed by atoms with Gasteiger partial charge in [0.2, 0.25) is 0 Å². The molecule has 0 rings (SSSR count). The summed E-state index contributed by atoms with van der Waals surface area (Å²) in [5.41, 5.74) is 0. The van der Waals surface area contributed by atoms with E-state index in [2.05, 4.69) is 5.32 Å². The van der Waals surface area contributed by atoms with Crippen LogP contribution in [-0.2, 0) is 4.79 Å². The molecule has 0 aliphatic carbocycles. The van der Waals surface area contributed by atoms with Gasteiger partial charge in [-0.25, -0.2) is 9.59 Å². The molecule has 0 unspecified atom stereocenters. The summed E-state index contributed by atoms with van der Waals surface area (Å²) in [4.78, 5) is 21.0. The summed E-state index contributed by atoms with van der Waals surface area (Å²) < 4.78 is 35.0. The van der Waals surface area contributed by atoms with Crippen molar-refractivity contribution in [2.24, 2.45) is 0 Å². The van der Waals surface area contributed by atoms with E-state index in [-0.39, 0.29) is 13.0 Å². The Labute approximate surface area is 94.8 Å². The van der Waals surface area contributed by atoms with E-state index in [0.29, 0.717) is 0 Å². The Morgan fingerprint density at radius 2 is 1.71 bits per heavy atom. The van der Waals surface area contributed by atoms with Crippen molar-refractivity contribution in [2.75, 3.05) is 13.1 Å². The lowest BCUT2D eigenvalue weighted by Crippen LogP contribution is -2.39. The van der Waals surface area contributed by atoms with Crippen LogP contribution >= 0.6 is 0 Å². The fourth-order valence-corrected chi connectivity index (χ4v) is 0.826. The van der Waals surface area contributed by atoms with Gasteiger partial charge >= 0.3 is 18.2 Å². The zero-order chi connectivity index (χ0) is 13.5. The average Bonchev–Trinajstić information content (AvgIpc) is 2.15. The molecule has 0 heterocycles. The number of alkyl halides is 3. The fraction of sp³-hybridized carbons (Fsp3) is 0.750. The van der Waals surface area contributed by atoms with Crippen LogP contribution in [0, 0.1) is 0 Å². The smallest absolute Gasteiger partial charge is 0.390 e. The van der Waals surface area contributed by atoms with E-state index >= 15 is 0 Å². The summed E-state index contributed by atoms with van der Waals surface area (Å²) in [6.07, 6.45) is -7.31. The summed E-state index contributed by atoms with van der Waals surface area (Å²) in [6, 6.07) is -0.841. The summed E-state index contributed by atoms with van der Waals surface area (Å²) in [6.45, 7) is -0.706. The number of carbonyl (C=O) groups is 2. The highest BCUT2D eigenvalue weighted by molar-refractivity contribution is 5.74. The Hall–Kier alpha value is -1.51. The van der Waals surface area contributed by atoms with E-state index in [0.717, 1.165) is 0 Å². The molecule has 0 aromatic heterocycles. The zero-order valence-corrected chi connectivity index (χ0v) is 8.75. The molecule has 6 nitrogen and oxygen atoms in total. The number of urea groups is 1. The highest BCUT2D eigenvalue weighted by Crippen LogP contribution is 2.17. The van der Waals surface area contributed by atoms with Crippen molar-refractivity contribution in [3.8, 4) is 0 Å². The Kier molecular flexibility index (Phi) is 6.33. The molecular formula is C8H13F3N2O4. The van der Waals surface area contributed by atoms with E-state index in [1.165, 1.54) is 0 Å². The number of rotatable bonds is 6. The first-order chi connectivity index (χ1) is 7.72. The van der Waals surface area contributed by atoms with Gasteiger partial charge in [0, 0.05) is 19.5 Å². The Bertz CT molecular complexity index is 270. The van der Waals surface area contributed by atoms with Crippen molar-refractivity contribution in [1.29, 1.82) is 0 Å². The lowest BCUT2D eigenvalue weighted by atomic mass is 10.2. The average molecular weight is 258 g/mol. The second-order valence-corrected chi connectivity index (χ2v) is 3.19. The van der Waals surface area contributed by atoms with Crippen LogP contribution < -0.4 is 10.6 Å². The van der Waals surface area contributed by atoms with Gasteiger partial charge in [-0.05, 0) is 0 Å². The van der Waals surface area contributed by atoms with Gasteiger partial charge in [-0.15, -0.1) is 0 Å².